The van der Waals surface area contributed by atoms with Gasteiger partial charge in [0.1, 0.15) is 6.61 Å². The highest BCUT2D eigenvalue weighted by atomic mass is 16.5. The molecule has 1 amide bonds. The third kappa shape index (κ3) is 2.70. The van der Waals surface area contributed by atoms with Crippen LogP contribution in [0.25, 0.3) is 0 Å². The Hall–Kier alpha value is -1.10. The van der Waals surface area contributed by atoms with Crippen molar-refractivity contribution in [3.8, 4) is 0 Å². The number of rotatable bonds is 4. The van der Waals surface area contributed by atoms with Crippen molar-refractivity contribution in [2.45, 2.75) is 13.3 Å². The Morgan fingerprint density at radius 3 is 2.79 bits per heavy atom. The average molecular weight is 201 g/mol. The van der Waals surface area contributed by atoms with Gasteiger partial charge >= 0.3 is 5.97 Å². The van der Waals surface area contributed by atoms with E-state index in [1.807, 2.05) is 6.92 Å². The molecule has 0 aromatic rings. The zero-order chi connectivity index (χ0) is 10.6. The van der Waals surface area contributed by atoms with Crippen molar-refractivity contribution in [1.82, 2.24) is 4.90 Å². The molecule has 1 heterocycles. The van der Waals surface area contributed by atoms with Crippen molar-refractivity contribution in [3.63, 3.8) is 0 Å². The first kappa shape index (κ1) is 11.0. The molecule has 1 saturated heterocycles. The van der Waals surface area contributed by atoms with E-state index >= 15 is 0 Å². The number of carboxylic acid groups (broad SMARTS) is 1. The number of aliphatic carboxylic acids is 1. The Kier molecular flexibility index (Phi) is 3.88. The molecule has 0 spiro atoms. The minimum atomic E-state index is -0.822. The Balaban J connectivity index is 2.34. The van der Waals surface area contributed by atoms with E-state index in [1.54, 1.807) is 4.90 Å². The molecule has 0 aromatic carbocycles. The Morgan fingerprint density at radius 2 is 2.29 bits per heavy atom. The molecule has 1 atom stereocenters. The quantitative estimate of drug-likeness (QED) is 0.692. The van der Waals surface area contributed by atoms with Gasteiger partial charge in [-0.05, 0) is 13.3 Å². The van der Waals surface area contributed by atoms with Crippen LogP contribution >= 0.6 is 0 Å². The Labute approximate surface area is 82.6 Å². The molecule has 0 saturated carbocycles. The molecular weight excluding hydrogens is 186 g/mol. The maximum Gasteiger partial charge on any atom is 0.308 e. The molecule has 1 aliphatic rings. The fraction of sp³-hybridized carbons (Fsp3) is 0.778. The number of carboxylic acids is 1. The maximum absolute atomic E-state index is 11.4. The molecule has 80 valence electrons. The van der Waals surface area contributed by atoms with Gasteiger partial charge in [-0.3, -0.25) is 9.59 Å². The van der Waals surface area contributed by atoms with E-state index in [2.05, 4.69) is 0 Å². The first-order valence-corrected chi connectivity index (χ1v) is 4.73. The highest BCUT2D eigenvalue weighted by molar-refractivity contribution is 5.79. The monoisotopic (exact) mass is 201 g/mol. The topological polar surface area (TPSA) is 66.8 Å². The summed E-state index contributed by atoms with van der Waals surface area (Å²) in [5, 5.41) is 8.72. The number of carbonyl (C=O) groups is 2. The number of carbonyl (C=O) groups excluding carboxylic acids is 1. The summed E-state index contributed by atoms with van der Waals surface area (Å²) in [6.07, 6.45) is 0.549. The third-order valence-corrected chi connectivity index (χ3v) is 2.32. The largest absolute Gasteiger partial charge is 0.481 e. The van der Waals surface area contributed by atoms with E-state index in [4.69, 9.17) is 9.84 Å². The van der Waals surface area contributed by atoms with Crippen molar-refractivity contribution in [1.29, 1.82) is 0 Å². The van der Waals surface area contributed by atoms with Crippen molar-refractivity contribution < 1.29 is 19.4 Å². The molecule has 1 N–H and O–H groups in total. The summed E-state index contributed by atoms with van der Waals surface area (Å²) in [4.78, 5) is 23.5. The number of hydrogen-bond donors (Lipinski definition) is 1. The summed E-state index contributed by atoms with van der Waals surface area (Å²) in [6.45, 7) is 3.23. The van der Waals surface area contributed by atoms with E-state index < -0.39 is 11.9 Å². The highest BCUT2D eigenvalue weighted by Crippen LogP contribution is 2.16. The molecule has 14 heavy (non-hydrogen) atoms. The second kappa shape index (κ2) is 4.95. The lowest BCUT2D eigenvalue weighted by Gasteiger charge is -2.15. The van der Waals surface area contributed by atoms with Crippen molar-refractivity contribution in [3.05, 3.63) is 0 Å². The van der Waals surface area contributed by atoms with Crippen LogP contribution in [0.4, 0.5) is 0 Å². The summed E-state index contributed by atoms with van der Waals surface area (Å²) >= 11 is 0. The smallest absolute Gasteiger partial charge is 0.308 e. The van der Waals surface area contributed by atoms with E-state index in [0.29, 0.717) is 26.1 Å². The average Bonchev–Trinajstić information content (AvgIpc) is 2.62. The summed E-state index contributed by atoms with van der Waals surface area (Å²) < 4.78 is 4.96. The van der Waals surface area contributed by atoms with Crippen LogP contribution in [-0.2, 0) is 14.3 Å². The summed E-state index contributed by atoms with van der Waals surface area (Å²) in [5.41, 5.74) is 0. The van der Waals surface area contributed by atoms with Gasteiger partial charge in [0, 0.05) is 19.7 Å². The lowest BCUT2D eigenvalue weighted by Crippen LogP contribution is -2.32. The lowest BCUT2D eigenvalue weighted by atomic mass is 10.1. The molecule has 5 nitrogen and oxygen atoms in total. The molecule has 5 heteroatoms. The Morgan fingerprint density at radius 1 is 1.57 bits per heavy atom. The standard InChI is InChI=1S/C9H15NO4/c1-2-14-6-8(11)10-4-3-7(5-10)9(12)13/h7H,2-6H2,1H3,(H,12,13). The van der Waals surface area contributed by atoms with Gasteiger partial charge in [0.15, 0.2) is 0 Å². The van der Waals surface area contributed by atoms with Gasteiger partial charge in [-0.2, -0.15) is 0 Å². The number of likely N-dealkylation sites (tertiary alicyclic amines) is 1. The van der Waals surface area contributed by atoms with E-state index in [0.717, 1.165) is 0 Å². The third-order valence-electron chi connectivity index (χ3n) is 2.32. The molecular formula is C9H15NO4. The molecule has 1 rings (SSSR count). The number of hydrogen-bond acceptors (Lipinski definition) is 3. The van der Waals surface area contributed by atoms with Gasteiger partial charge in [0.25, 0.3) is 0 Å². The highest BCUT2D eigenvalue weighted by Gasteiger charge is 2.30. The first-order chi connectivity index (χ1) is 6.65. The van der Waals surface area contributed by atoms with Crippen LogP contribution in [0, 0.1) is 5.92 Å². The van der Waals surface area contributed by atoms with Crippen LogP contribution in [0.2, 0.25) is 0 Å². The number of amides is 1. The van der Waals surface area contributed by atoms with Crippen LogP contribution in [0.1, 0.15) is 13.3 Å². The van der Waals surface area contributed by atoms with Gasteiger partial charge in [-0.1, -0.05) is 0 Å². The zero-order valence-corrected chi connectivity index (χ0v) is 8.23. The fourth-order valence-corrected chi connectivity index (χ4v) is 1.47. The minimum absolute atomic E-state index is 0.0584. The maximum atomic E-state index is 11.4. The molecule has 1 aliphatic heterocycles. The normalized spacial score (nSPS) is 21.2. The molecule has 1 fully saturated rings. The summed E-state index contributed by atoms with van der Waals surface area (Å²) in [6, 6.07) is 0. The van der Waals surface area contributed by atoms with Crippen molar-refractivity contribution >= 4 is 11.9 Å². The van der Waals surface area contributed by atoms with Gasteiger partial charge in [-0.25, -0.2) is 0 Å². The van der Waals surface area contributed by atoms with Gasteiger partial charge in [0.05, 0.1) is 5.92 Å². The minimum Gasteiger partial charge on any atom is -0.481 e. The van der Waals surface area contributed by atoms with Crippen LogP contribution in [0.15, 0.2) is 0 Å². The van der Waals surface area contributed by atoms with E-state index in [9.17, 15) is 9.59 Å². The van der Waals surface area contributed by atoms with Gasteiger partial charge in [0.2, 0.25) is 5.91 Å². The molecule has 0 aliphatic carbocycles. The predicted molar refractivity (Wildman–Crippen MR) is 48.8 cm³/mol. The SMILES string of the molecule is CCOCC(=O)N1CCC(C(=O)O)C1. The van der Waals surface area contributed by atoms with E-state index in [-0.39, 0.29) is 12.5 Å². The summed E-state index contributed by atoms with van der Waals surface area (Å²) in [7, 11) is 0. The zero-order valence-electron chi connectivity index (χ0n) is 8.23. The molecule has 0 radical (unpaired) electrons. The van der Waals surface area contributed by atoms with Gasteiger partial charge < -0.3 is 14.7 Å². The van der Waals surface area contributed by atoms with Crippen LogP contribution in [0.5, 0.6) is 0 Å². The molecule has 0 bridgehead atoms. The van der Waals surface area contributed by atoms with Crippen LogP contribution in [0.3, 0.4) is 0 Å². The second-order valence-electron chi connectivity index (χ2n) is 3.30. The second-order valence-corrected chi connectivity index (χ2v) is 3.30. The van der Waals surface area contributed by atoms with Crippen molar-refractivity contribution in [2.75, 3.05) is 26.3 Å². The van der Waals surface area contributed by atoms with Crippen LogP contribution < -0.4 is 0 Å². The predicted octanol–water partition coefficient (Wildman–Crippen LogP) is -0.0440. The van der Waals surface area contributed by atoms with Gasteiger partial charge in [-0.15, -0.1) is 0 Å². The fourth-order valence-electron chi connectivity index (χ4n) is 1.47. The van der Waals surface area contributed by atoms with Crippen LogP contribution in [-0.4, -0.2) is 48.2 Å². The molecule has 0 aromatic heterocycles. The number of ether oxygens (including phenoxy) is 1. The molecule has 1 unspecified atom stereocenters. The lowest BCUT2D eigenvalue weighted by molar-refractivity contribution is -0.141. The first-order valence-electron chi connectivity index (χ1n) is 4.73. The Bertz CT molecular complexity index is 229. The van der Waals surface area contributed by atoms with E-state index in [1.165, 1.54) is 0 Å². The summed E-state index contributed by atoms with van der Waals surface area (Å²) in [5.74, 6) is -1.34. The number of nitrogens with zero attached hydrogens (tertiary/aromatic N) is 1. The van der Waals surface area contributed by atoms with Crippen molar-refractivity contribution in [2.24, 2.45) is 5.92 Å².